The molecule has 1 atom stereocenters. The van der Waals surface area contributed by atoms with Crippen LogP contribution >= 0.6 is 0 Å². The average Bonchev–Trinajstić information content (AvgIpc) is 3.28. The number of ketones is 1. The van der Waals surface area contributed by atoms with E-state index in [9.17, 15) is 14.0 Å². The zero-order chi connectivity index (χ0) is 25.9. The lowest BCUT2D eigenvalue weighted by Crippen LogP contribution is -2.22. The number of anilines is 3. The zero-order valence-electron chi connectivity index (χ0n) is 20.6. The normalized spacial score (nSPS) is 14.7. The molecule has 0 saturated heterocycles. The molecule has 8 heteroatoms. The number of fused-ring (bicyclic) bond motifs is 1. The van der Waals surface area contributed by atoms with E-state index in [0.717, 1.165) is 48.0 Å². The van der Waals surface area contributed by atoms with Gasteiger partial charge >= 0.3 is 0 Å². The molecule has 0 bridgehead atoms. The van der Waals surface area contributed by atoms with Crippen LogP contribution in [0.2, 0.25) is 0 Å². The highest BCUT2D eigenvalue weighted by Crippen LogP contribution is 2.41. The number of para-hydroxylation sites is 1. The van der Waals surface area contributed by atoms with Gasteiger partial charge in [-0.2, -0.15) is 0 Å². The standard InChI is InChI=1S/C29H27FN4O3/c1-3-17-9-11-22-25(28(17)35)27(32-20-7-5-4-6-8-20)26(33-22)18-13-14-31-24(16-18)34-29(36)19-10-12-23(37-2)21(30)15-19/h4-8,10,12-17,32-33H,3,9,11H2,1-2H3,(H,31,34,36)/t17-/m0/s1. The SMILES string of the molecule is CC[C@H]1CCc2[nH]c(-c3ccnc(NC(=O)c4ccc(OC)c(F)c4)c3)c(Nc3ccccc3)c2C1=O. The molecule has 0 radical (unpaired) electrons. The highest BCUT2D eigenvalue weighted by atomic mass is 19.1. The summed E-state index contributed by atoms with van der Waals surface area (Å²) in [6.07, 6.45) is 3.97. The van der Waals surface area contributed by atoms with E-state index >= 15 is 0 Å². The Morgan fingerprint density at radius 3 is 2.70 bits per heavy atom. The minimum Gasteiger partial charge on any atom is -0.494 e. The molecule has 3 N–H and O–H groups in total. The monoisotopic (exact) mass is 498 g/mol. The van der Waals surface area contributed by atoms with Crippen LogP contribution in [-0.4, -0.2) is 28.8 Å². The number of halogens is 1. The molecule has 2 aromatic heterocycles. The molecule has 0 unspecified atom stereocenters. The first-order valence-electron chi connectivity index (χ1n) is 12.2. The van der Waals surface area contributed by atoms with Crippen molar-refractivity contribution in [3.05, 3.63) is 89.5 Å². The Balaban J connectivity index is 1.50. The molecule has 1 aliphatic rings. The predicted molar refractivity (Wildman–Crippen MR) is 141 cm³/mol. The summed E-state index contributed by atoms with van der Waals surface area (Å²) in [5.74, 6) is -0.639. The van der Waals surface area contributed by atoms with Gasteiger partial charge in [0.25, 0.3) is 5.91 Å². The number of pyridine rings is 1. The van der Waals surface area contributed by atoms with Crippen LogP contribution in [0, 0.1) is 11.7 Å². The van der Waals surface area contributed by atoms with Crippen LogP contribution in [0.1, 0.15) is 46.2 Å². The number of aryl methyl sites for hydroxylation is 1. The number of ether oxygens (including phenoxy) is 1. The van der Waals surface area contributed by atoms with E-state index < -0.39 is 11.7 Å². The maximum atomic E-state index is 14.1. The van der Waals surface area contributed by atoms with Crippen LogP contribution in [0.25, 0.3) is 11.3 Å². The molecule has 1 amide bonds. The summed E-state index contributed by atoms with van der Waals surface area (Å²) >= 11 is 0. The van der Waals surface area contributed by atoms with E-state index in [1.165, 1.54) is 19.2 Å². The van der Waals surface area contributed by atoms with Crippen molar-refractivity contribution in [1.29, 1.82) is 0 Å². The summed E-state index contributed by atoms with van der Waals surface area (Å²) in [4.78, 5) is 33.9. The van der Waals surface area contributed by atoms with Gasteiger partial charge in [-0.3, -0.25) is 9.59 Å². The van der Waals surface area contributed by atoms with Gasteiger partial charge in [0.05, 0.1) is 24.1 Å². The number of hydrogen-bond acceptors (Lipinski definition) is 5. The van der Waals surface area contributed by atoms with Crippen molar-refractivity contribution in [3.63, 3.8) is 0 Å². The average molecular weight is 499 g/mol. The summed E-state index contributed by atoms with van der Waals surface area (Å²) in [7, 11) is 1.36. The van der Waals surface area contributed by atoms with Gasteiger partial charge in [0.15, 0.2) is 17.3 Å². The maximum absolute atomic E-state index is 14.1. The lowest BCUT2D eigenvalue weighted by molar-refractivity contribution is 0.0899. The maximum Gasteiger partial charge on any atom is 0.256 e. The lowest BCUT2D eigenvalue weighted by atomic mass is 9.84. The molecule has 188 valence electrons. The molecular weight excluding hydrogens is 471 g/mol. The Morgan fingerprint density at radius 1 is 1.16 bits per heavy atom. The van der Waals surface area contributed by atoms with E-state index in [1.807, 2.05) is 43.3 Å². The molecule has 2 aromatic carbocycles. The number of hydrogen-bond donors (Lipinski definition) is 3. The highest BCUT2D eigenvalue weighted by molar-refractivity contribution is 6.09. The van der Waals surface area contributed by atoms with Crippen molar-refractivity contribution in [2.45, 2.75) is 26.2 Å². The van der Waals surface area contributed by atoms with Gasteiger partial charge in [0.1, 0.15) is 5.82 Å². The third-order valence-corrected chi connectivity index (χ3v) is 6.68. The van der Waals surface area contributed by atoms with Crippen LogP contribution in [0.4, 0.5) is 21.6 Å². The third kappa shape index (κ3) is 4.82. The molecule has 0 spiro atoms. The number of methoxy groups -OCH3 is 1. The molecule has 37 heavy (non-hydrogen) atoms. The molecule has 4 aromatic rings. The number of nitrogens with one attached hydrogen (secondary N) is 3. The number of rotatable bonds is 7. The number of carbonyl (C=O) groups is 2. The Kier molecular flexibility index (Phi) is 6.72. The smallest absolute Gasteiger partial charge is 0.256 e. The number of amides is 1. The molecular formula is C29H27FN4O3. The Labute approximate surface area is 214 Å². The minimum absolute atomic E-state index is 0.00958. The molecule has 5 rings (SSSR count). The van der Waals surface area contributed by atoms with Crippen molar-refractivity contribution < 1.29 is 18.7 Å². The summed E-state index contributed by atoms with van der Waals surface area (Å²) in [5.41, 5.74) is 4.80. The molecule has 0 fully saturated rings. The van der Waals surface area contributed by atoms with Crippen molar-refractivity contribution >= 4 is 28.9 Å². The molecule has 2 heterocycles. The number of H-pyrrole nitrogens is 1. The van der Waals surface area contributed by atoms with E-state index in [4.69, 9.17) is 4.74 Å². The van der Waals surface area contributed by atoms with E-state index in [2.05, 4.69) is 20.6 Å². The van der Waals surface area contributed by atoms with Gasteiger partial charge in [-0.05, 0) is 61.7 Å². The summed E-state index contributed by atoms with van der Waals surface area (Å²) < 4.78 is 19.0. The van der Waals surface area contributed by atoms with E-state index in [-0.39, 0.29) is 23.0 Å². The summed E-state index contributed by atoms with van der Waals surface area (Å²) in [6, 6.07) is 17.2. The van der Waals surface area contributed by atoms with Crippen LogP contribution in [0.5, 0.6) is 5.75 Å². The summed E-state index contributed by atoms with van der Waals surface area (Å²) in [6.45, 7) is 2.04. The van der Waals surface area contributed by atoms with Gasteiger partial charge in [0.2, 0.25) is 0 Å². The number of aromatic nitrogens is 2. The molecule has 7 nitrogen and oxygen atoms in total. The van der Waals surface area contributed by atoms with Crippen molar-refractivity contribution in [2.24, 2.45) is 5.92 Å². The van der Waals surface area contributed by atoms with E-state index in [1.54, 1.807) is 12.3 Å². The van der Waals surface area contributed by atoms with Crippen LogP contribution < -0.4 is 15.4 Å². The first kappa shape index (κ1) is 24.2. The zero-order valence-corrected chi connectivity index (χ0v) is 20.6. The fourth-order valence-electron chi connectivity index (χ4n) is 4.71. The largest absolute Gasteiger partial charge is 0.494 e. The Hall–Kier alpha value is -4.46. The quantitative estimate of drug-likeness (QED) is 0.275. The molecule has 1 aliphatic carbocycles. The number of Topliss-reactive ketones (excluding diaryl/α,β-unsaturated/α-hetero) is 1. The predicted octanol–water partition coefficient (Wildman–Crippen LogP) is 6.38. The second-order valence-electron chi connectivity index (χ2n) is 8.96. The molecule has 0 saturated carbocycles. The van der Waals surface area contributed by atoms with Crippen molar-refractivity contribution in [1.82, 2.24) is 9.97 Å². The van der Waals surface area contributed by atoms with Crippen molar-refractivity contribution in [3.8, 4) is 17.0 Å². The third-order valence-electron chi connectivity index (χ3n) is 6.68. The fourth-order valence-corrected chi connectivity index (χ4v) is 4.71. The lowest BCUT2D eigenvalue weighted by Gasteiger charge is -2.20. The number of aromatic amines is 1. The summed E-state index contributed by atoms with van der Waals surface area (Å²) in [5, 5.41) is 6.17. The van der Waals surface area contributed by atoms with Gasteiger partial charge in [-0.15, -0.1) is 0 Å². The van der Waals surface area contributed by atoms with Crippen LogP contribution in [-0.2, 0) is 6.42 Å². The van der Waals surface area contributed by atoms with Crippen molar-refractivity contribution in [2.75, 3.05) is 17.7 Å². The van der Waals surface area contributed by atoms with E-state index in [0.29, 0.717) is 17.1 Å². The topological polar surface area (TPSA) is 96.1 Å². The first-order chi connectivity index (χ1) is 18.0. The Bertz CT molecular complexity index is 1470. The first-order valence-corrected chi connectivity index (χ1v) is 12.2. The van der Waals surface area contributed by atoms with Crippen LogP contribution in [0.3, 0.4) is 0 Å². The van der Waals surface area contributed by atoms with Gasteiger partial charge in [0, 0.05) is 34.6 Å². The highest BCUT2D eigenvalue weighted by Gasteiger charge is 2.32. The minimum atomic E-state index is -0.625. The van der Waals surface area contributed by atoms with Gasteiger partial charge in [-0.25, -0.2) is 9.37 Å². The van der Waals surface area contributed by atoms with Gasteiger partial charge in [-0.1, -0.05) is 25.1 Å². The molecule has 0 aliphatic heterocycles. The Morgan fingerprint density at radius 2 is 1.97 bits per heavy atom. The second-order valence-corrected chi connectivity index (χ2v) is 8.96. The number of benzene rings is 2. The second kappa shape index (κ2) is 10.3. The fraction of sp³-hybridized carbons (Fsp3) is 0.207. The van der Waals surface area contributed by atoms with Crippen LogP contribution in [0.15, 0.2) is 66.9 Å². The number of carbonyl (C=O) groups excluding carboxylic acids is 2. The number of nitrogens with zero attached hydrogens (tertiary/aromatic N) is 1. The van der Waals surface area contributed by atoms with Gasteiger partial charge < -0.3 is 20.4 Å².